The van der Waals surface area contributed by atoms with Gasteiger partial charge < -0.3 is 10.6 Å². The quantitative estimate of drug-likeness (QED) is 0.837. The van der Waals surface area contributed by atoms with Crippen LogP contribution in [-0.2, 0) is 0 Å². The average molecular weight is 246 g/mol. The van der Waals surface area contributed by atoms with Crippen molar-refractivity contribution in [2.45, 2.75) is 50.5 Å². The third-order valence-electron chi connectivity index (χ3n) is 4.17. The molecule has 1 aliphatic heterocycles. The van der Waals surface area contributed by atoms with E-state index in [0.717, 1.165) is 12.4 Å². The molecule has 98 valence electrons. The first kappa shape index (κ1) is 11.9. The average Bonchev–Trinajstić information content (AvgIpc) is 2.82. The zero-order valence-electron chi connectivity index (χ0n) is 10.9. The van der Waals surface area contributed by atoms with Gasteiger partial charge in [-0.2, -0.15) is 5.10 Å². The number of hydrogen-bond acceptors (Lipinski definition) is 4. The number of anilines is 1. The molecule has 1 aromatic rings. The van der Waals surface area contributed by atoms with Crippen LogP contribution in [-0.4, -0.2) is 29.3 Å². The molecule has 0 aromatic carbocycles. The van der Waals surface area contributed by atoms with E-state index in [1.165, 1.54) is 50.8 Å². The van der Waals surface area contributed by atoms with Crippen LogP contribution in [0, 0.1) is 0 Å². The van der Waals surface area contributed by atoms with E-state index in [0.29, 0.717) is 12.0 Å². The van der Waals surface area contributed by atoms with Crippen molar-refractivity contribution in [2.24, 2.45) is 0 Å². The maximum Gasteiger partial charge on any atom is 0.148 e. The van der Waals surface area contributed by atoms with Gasteiger partial charge in [0.15, 0.2) is 0 Å². The molecule has 0 amide bonds. The summed E-state index contributed by atoms with van der Waals surface area (Å²) in [6.45, 7) is 2.16. The Bertz CT molecular complexity index is 366. The molecule has 4 nitrogen and oxygen atoms in total. The second-order valence-electron chi connectivity index (χ2n) is 5.48. The summed E-state index contributed by atoms with van der Waals surface area (Å²) in [4.78, 5) is 0. The monoisotopic (exact) mass is 246 g/mol. The van der Waals surface area contributed by atoms with Crippen LogP contribution in [0.3, 0.4) is 0 Å². The van der Waals surface area contributed by atoms with Crippen LogP contribution in [0.5, 0.6) is 0 Å². The molecule has 2 heterocycles. The molecule has 1 aliphatic carbocycles. The predicted molar refractivity (Wildman–Crippen MR) is 72.8 cm³/mol. The molecule has 0 spiro atoms. The molecule has 1 saturated carbocycles. The van der Waals surface area contributed by atoms with Crippen molar-refractivity contribution in [1.29, 1.82) is 0 Å². The van der Waals surface area contributed by atoms with E-state index in [1.54, 1.807) is 0 Å². The lowest BCUT2D eigenvalue weighted by molar-refractivity contribution is 0.408. The van der Waals surface area contributed by atoms with E-state index in [2.05, 4.69) is 33.0 Å². The third-order valence-corrected chi connectivity index (χ3v) is 4.17. The van der Waals surface area contributed by atoms with Crippen LogP contribution in [0.25, 0.3) is 0 Å². The number of nitrogens with zero attached hydrogens (tertiary/aromatic N) is 2. The molecule has 18 heavy (non-hydrogen) atoms. The number of aromatic nitrogens is 2. The van der Waals surface area contributed by atoms with Gasteiger partial charge in [-0.05, 0) is 50.8 Å². The van der Waals surface area contributed by atoms with E-state index in [-0.39, 0.29) is 0 Å². The van der Waals surface area contributed by atoms with Gasteiger partial charge in [-0.3, -0.25) is 0 Å². The lowest BCUT2D eigenvalue weighted by atomic mass is 9.83. The fraction of sp³-hybridized carbons (Fsp3) is 0.714. The van der Waals surface area contributed by atoms with E-state index in [1.807, 2.05) is 0 Å². The fourth-order valence-corrected chi connectivity index (χ4v) is 2.74. The van der Waals surface area contributed by atoms with E-state index < -0.39 is 0 Å². The van der Waals surface area contributed by atoms with Crippen molar-refractivity contribution in [2.75, 3.05) is 18.4 Å². The highest BCUT2D eigenvalue weighted by molar-refractivity contribution is 5.33. The Balaban J connectivity index is 1.44. The Labute approximate surface area is 109 Å². The first-order valence-electron chi connectivity index (χ1n) is 7.23. The molecule has 0 bridgehead atoms. The highest BCUT2D eigenvalue weighted by atomic mass is 15.2. The van der Waals surface area contributed by atoms with Crippen molar-refractivity contribution >= 4 is 5.82 Å². The summed E-state index contributed by atoms with van der Waals surface area (Å²) in [5.41, 5.74) is 1.17. The van der Waals surface area contributed by atoms with Gasteiger partial charge in [-0.1, -0.05) is 6.42 Å². The Morgan fingerprint density at radius 1 is 1.17 bits per heavy atom. The Morgan fingerprint density at radius 3 is 2.72 bits per heavy atom. The van der Waals surface area contributed by atoms with Gasteiger partial charge in [0.05, 0.1) is 5.69 Å². The van der Waals surface area contributed by atoms with E-state index in [9.17, 15) is 0 Å². The molecule has 1 unspecified atom stereocenters. The first-order chi connectivity index (χ1) is 8.92. The molecule has 4 heteroatoms. The molecule has 2 aliphatic rings. The molecule has 2 fully saturated rings. The number of hydrogen-bond donors (Lipinski definition) is 2. The minimum absolute atomic E-state index is 0.675. The standard InChI is InChI=1S/C14H22N4/c1-3-11(4-1)13-6-7-14(18-17-13)16-10-8-12-5-2-9-15-12/h6-7,11-12,15H,1-5,8-10H2,(H,16,18). The van der Waals surface area contributed by atoms with Gasteiger partial charge in [0.2, 0.25) is 0 Å². The van der Waals surface area contributed by atoms with Crippen molar-refractivity contribution in [1.82, 2.24) is 15.5 Å². The van der Waals surface area contributed by atoms with Crippen LogP contribution in [0.4, 0.5) is 5.82 Å². The summed E-state index contributed by atoms with van der Waals surface area (Å²) in [7, 11) is 0. The molecule has 1 aromatic heterocycles. The smallest absolute Gasteiger partial charge is 0.148 e. The maximum absolute atomic E-state index is 4.32. The summed E-state index contributed by atoms with van der Waals surface area (Å²) >= 11 is 0. The topological polar surface area (TPSA) is 49.8 Å². The lowest BCUT2D eigenvalue weighted by Crippen LogP contribution is -2.24. The van der Waals surface area contributed by atoms with Crippen LogP contribution >= 0.6 is 0 Å². The van der Waals surface area contributed by atoms with E-state index in [4.69, 9.17) is 0 Å². The highest BCUT2D eigenvalue weighted by Crippen LogP contribution is 2.34. The van der Waals surface area contributed by atoms with Crippen molar-refractivity contribution in [3.63, 3.8) is 0 Å². The number of nitrogens with one attached hydrogen (secondary N) is 2. The Morgan fingerprint density at radius 2 is 2.11 bits per heavy atom. The zero-order chi connectivity index (χ0) is 12.2. The largest absolute Gasteiger partial charge is 0.369 e. The fourth-order valence-electron chi connectivity index (χ4n) is 2.74. The van der Waals surface area contributed by atoms with Gasteiger partial charge in [0.25, 0.3) is 0 Å². The van der Waals surface area contributed by atoms with Gasteiger partial charge in [0, 0.05) is 18.5 Å². The molecule has 1 saturated heterocycles. The second-order valence-corrected chi connectivity index (χ2v) is 5.48. The first-order valence-corrected chi connectivity index (χ1v) is 7.23. The van der Waals surface area contributed by atoms with Gasteiger partial charge in [-0.15, -0.1) is 5.10 Å². The number of rotatable bonds is 5. The Kier molecular flexibility index (Phi) is 3.74. The van der Waals surface area contributed by atoms with Crippen molar-refractivity contribution < 1.29 is 0 Å². The van der Waals surface area contributed by atoms with Gasteiger partial charge in [-0.25, -0.2) is 0 Å². The molecule has 2 N–H and O–H groups in total. The van der Waals surface area contributed by atoms with Crippen molar-refractivity contribution in [3.05, 3.63) is 17.8 Å². The molecular formula is C14H22N4. The molecule has 3 rings (SSSR count). The third kappa shape index (κ3) is 2.80. The van der Waals surface area contributed by atoms with Crippen LogP contribution in [0.15, 0.2) is 12.1 Å². The zero-order valence-corrected chi connectivity index (χ0v) is 10.9. The summed E-state index contributed by atoms with van der Waals surface area (Å²) in [5.74, 6) is 1.59. The van der Waals surface area contributed by atoms with Gasteiger partial charge in [0.1, 0.15) is 5.82 Å². The summed E-state index contributed by atoms with van der Waals surface area (Å²) in [6, 6.07) is 4.90. The van der Waals surface area contributed by atoms with E-state index >= 15 is 0 Å². The molecule has 0 radical (unpaired) electrons. The minimum atomic E-state index is 0.675. The summed E-state index contributed by atoms with van der Waals surface area (Å²) < 4.78 is 0. The van der Waals surface area contributed by atoms with Crippen LogP contribution in [0.1, 0.15) is 50.1 Å². The highest BCUT2D eigenvalue weighted by Gasteiger charge is 2.21. The molecule has 1 atom stereocenters. The summed E-state index contributed by atoms with van der Waals surface area (Å²) in [5, 5.41) is 15.5. The molecular weight excluding hydrogens is 224 g/mol. The normalized spacial score (nSPS) is 23.9. The Hall–Kier alpha value is -1.16. The lowest BCUT2D eigenvalue weighted by Gasteiger charge is -2.24. The minimum Gasteiger partial charge on any atom is -0.369 e. The summed E-state index contributed by atoms with van der Waals surface area (Å²) in [6.07, 6.45) is 7.73. The SMILES string of the molecule is c1cc(C2CCC2)nnc1NCCC1CCCN1. The van der Waals surface area contributed by atoms with Gasteiger partial charge >= 0.3 is 0 Å². The second kappa shape index (κ2) is 5.65. The van der Waals surface area contributed by atoms with Crippen LogP contribution < -0.4 is 10.6 Å². The maximum atomic E-state index is 4.32. The van der Waals surface area contributed by atoms with Crippen molar-refractivity contribution in [3.8, 4) is 0 Å². The predicted octanol–water partition coefficient (Wildman–Crippen LogP) is 2.30. The van der Waals surface area contributed by atoms with Crippen LogP contribution in [0.2, 0.25) is 0 Å².